The van der Waals surface area contributed by atoms with Crippen LogP contribution in [0.15, 0.2) is 24.3 Å². The Morgan fingerprint density at radius 1 is 1.31 bits per heavy atom. The molecule has 1 fully saturated rings. The first-order chi connectivity index (χ1) is 7.80. The van der Waals surface area contributed by atoms with Crippen molar-refractivity contribution < 1.29 is 9.47 Å². The largest absolute Gasteiger partial charge is 0.494 e. The van der Waals surface area contributed by atoms with E-state index in [1.54, 1.807) is 0 Å². The fourth-order valence-electron chi connectivity index (χ4n) is 2.15. The Morgan fingerprint density at radius 2 is 2.00 bits per heavy atom. The van der Waals surface area contributed by atoms with Gasteiger partial charge in [-0.05, 0) is 37.6 Å². The number of ether oxygens (including phenoxy) is 2. The van der Waals surface area contributed by atoms with E-state index in [-0.39, 0.29) is 5.41 Å². The molecule has 0 saturated carbocycles. The number of rotatable bonds is 5. The second kappa shape index (κ2) is 4.85. The summed E-state index contributed by atoms with van der Waals surface area (Å²) in [5.74, 6) is 0.925. The molecule has 2 N–H and O–H groups in total. The Labute approximate surface area is 96.5 Å². The smallest absolute Gasteiger partial charge is 0.119 e. The van der Waals surface area contributed by atoms with Crippen LogP contribution in [-0.4, -0.2) is 26.4 Å². The molecule has 1 saturated heterocycles. The monoisotopic (exact) mass is 221 g/mol. The van der Waals surface area contributed by atoms with E-state index >= 15 is 0 Å². The average Bonchev–Trinajstić information content (AvgIpc) is 2.25. The highest BCUT2D eigenvalue weighted by Crippen LogP contribution is 2.35. The Balaban J connectivity index is 2.13. The summed E-state index contributed by atoms with van der Waals surface area (Å²) in [7, 11) is 0. The van der Waals surface area contributed by atoms with Crippen molar-refractivity contribution in [2.24, 2.45) is 5.73 Å². The van der Waals surface area contributed by atoms with Crippen LogP contribution in [0.5, 0.6) is 5.75 Å². The molecule has 0 aliphatic carbocycles. The molecular weight excluding hydrogens is 202 g/mol. The van der Waals surface area contributed by atoms with Crippen molar-refractivity contribution in [1.82, 2.24) is 0 Å². The van der Waals surface area contributed by atoms with Crippen LogP contribution in [-0.2, 0) is 10.2 Å². The molecule has 3 nitrogen and oxygen atoms in total. The highest BCUT2D eigenvalue weighted by molar-refractivity contribution is 5.34. The van der Waals surface area contributed by atoms with Gasteiger partial charge in [0.1, 0.15) is 5.75 Å². The van der Waals surface area contributed by atoms with Gasteiger partial charge in [-0.2, -0.15) is 0 Å². The molecule has 0 amide bonds. The van der Waals surface area contributed by atoms with Gasteiger partial charge in [0.05, 0.1) is 19.8 Å². The SMILES string of the molecule is CCOc1ccc(C2(CCN)COC2)cc1. The first-order valence-corrected chi connectivity index (χ1v) is 5.82. The van der Waals surface area contributed by atoms with Crippen LogP contribution in [0.25, 0.3) is 0 Å². The second-order valence-electron chi connectivity index (χ2n) is 4.27. The molecule has 0 bridgehead atoms. The minimum atomic E-state index is 0.152. The molecule has 88 valence electrons. The lowest BCUT2D eigenvalue weighted by molar-refractivity contribution is -0.0631. The van der Waals surface area contributed by atoms with Gasteiger partial charge in [0.25, 0.3) is 0 Å². The Hall–Kier alpha value is -1.06. The summed E-state index contributed by atoms with van der Waals surface area (Å²) in [4.78, 5) is 0. The van der Waals surface area contributed by atoms with Gasteiger partial charge in [-0.3, -0.25) is 0 Å². The lowest BCUT2D eigenvalue weighted by Crippen LogP contribution is -2.48. The Bertz CT molecular complexity index is 330. The van der Waals surface area contributed by atoms with E-state index in [1.807, 2.05) is 19.1 Å². The van der Waals surface area contributed by atoms with Gasteiger partial charge in [-0.15, -0.1) is 0 Å². The normalized spacial score (nSPS) is 17.9. The van der Waals surface area contributed by atoms with Gasteiger partial charge in [0.2, 0.25) is 0 Å². The molecule has 1 aliphatic rings. The summed E-state index contributed by atoms with van der Waals surface area (Å²) < 4.78 is 10.8. The van der Waals surface area contributed by atoms with Crippen LogP contribution < -0.4 is 10.5 Å². The van der Waals surface area contributed by atoms with E-state index in [2.05, 4.69) is 12.1 Å². The minimum absolute atomic E-state index is 0.152. The van der Waals surface area contributed by atoms with Crippen molar-refractivity contribution in [1.29, 1.82) is 0 Å². The molecule has 0 spiro atoms. The Morgan fingerprint density at radius 3 is 2.44 bits per heavy atom. The van der Waals surface area contributed by atoms with Crippen LogP contribution in [0.1, 0.15) is 18.9 Å². The van der Waals surface area contributed by atoms with Crippen LogP contribution in [0.2, 0.25) is 0 Å². The Kier molecular flexibility index (Phi) is 3.46. The number of nitrogens with two attached hydrogens (primary N) is 1. The maximum Gasteiger partial charge on any atom is 0.119 e. The first kappa shape index (κ1) is 11.4. The molecule has 0 unspecified atom stereocenters. The molecule has 0 radical (unpaired) electrons. The number of hydrogen-bond donors (Lipinski definition) is 1. The average molecular weight is 221 g/mol. The minimum Gasteiger partial charge on any atom is -0.494 e. The zero-order chi connectivity index (χ0) is 11.4. The first-order valence-electron chi connectivity index (χ1n) is 5.82. The third-order valence-electron chi connectivity index (χ3n) is 3.16. The molecule has 0 atom stereocenters. The van der Waals surface area contributed by atoms with E-state index in [9.17, 15) is 0 Å². The summed E-state index contributed by atoms with van der Waals surface area (Å²) in [5, 5.41) is 0. The molecular formula is C13H19NO2. The van der Waals surface area contributed by atoms with Crippen molar-refractivity contribution in [3.8, 4) is 5.75 Å². The van der Waals surface area contributed by atoms with Crippen molar-refractivity contribution in [2.45, 2.75) is 18.8 Å². The van der Waals surface area contributed by atoms with Gasteiger partial charge in [0, 0.05) is 5.41 Å². The molecule has 3 heteroatoms. The summed E-state index contributed by atoms with van der Waals surface area (Å²) in [6.45, 7) is 4.98. The van der Waals surface area contributed by atoms with Crippen LogP contribution >= 0.6 is 0 Å². The van der Waals surface area contributed by atoms with Gasteiger partial charge in [0.15, 0.2) is 0 Å². The van der Waals surface area contributed by atoms with Crippen LogP contribution in [0.3, 0.4) is 0 Å². The zero-order valence-electron chi connectivity index (χ0n) is 9.74. The van der Waals surface area contributed by atoms with E-state index in [4.69, 9.17) is 15.2 Å². The van der Waals surface area contributed by atoms with E-state index in [0.29, 0.717) is 13.2 Å². The molecule has 1 aliphatic heterocycles. The molecule has 16 heavy (non-hydrogen) atoms. The van der Waals surface area contributed by atoms with E-state index in [1.165, 1.54) is 5.56 Å². The molecule has 2 rings (SSSR count). The van der Waals surface area contributed by atoms with Crippen molar-refractivity contribution >= 4 is 0 Å². The third-order valence-corrected chi connectivity index (χ3v) is 3.16. The van der Waals surface area contributed by atoms with Crippen LogP contribution in [0, 0.1) is 0 Å². The van der Waals surface area contributed by atoms with Gasteiger partial charge < -0.3 is 15.2 Å². The summed E-state index contributed by atoms with van der Waals surface area (Å²) >= 11 is 0. The quantitative estimate of drug-likeness (QED) is 0.823. The fraction of sp³-hybridized carbons (Fsp3) is 0.538. The van der Waals surface area contributed by atoms with Gasteiger partial charge in [-0.25, -0.2) is 0 Å². The third kappa shape index (κ3) is 2.06. The molecule has 1 aromatic carbocycles. The van der Waals surface area contributed by atoms with Crippen molar-refractivity contribution in [3.63, 3.8) is 0 Å². The lowest BCUT2D eigenvalue weighted by atomic mass is 9.76. The fourth-order valence-corrected chi connectivity index (χ4v) is 2.15. The predicted octanol–water partition coefficient (Wildman–Crippen LogP) is 1.70. The lowest BCUT2D eigenvalue weighted by Gasteiger charge is -2.42. The highest BCUT2D eigenvalue weighted by Gasteiger charge is 2.39. The predicted molar refractivity (Wildman–Crippen MR) is 63.8 cm³/mol. The van der Waals surface area contributed by atoms with Crippen molar-refractivity contribution in [3.05, 3.63) is 29.8 Å². The van der Waals surface area contributed by atoms with Crippen LogP contribution in [0.4, 0.5) is 0 Å². The summed E-state index contributed by atoms with van der Waals surface area (Å²) in [6, 6.07) is 8.30. The topological polar surface area (TPSA) is 44.5 Å². The van der Waals surface area contributed by atoms with Gasteiger partial charge in [-0.1, -0.05) is 12.1 Å². The number of hydrogen-bond acceptors (Lipinski definition) is 3. The molecule has 1 aromatic rings. The zero-order valence-corrected chi connectivity index (χ0v) is 9.74. The summed E-state index contributed by atoms with van der Waals surface area (Å²) in [5.41, 5.74) is 7.12. The van der Waals surface area contributed by atoms with E-state index in [0.717, 1.165) is 25.4 Å². The second-order valence-corrected chi connectivity index (χ2v) is 4.27. The standard InChI is InChI=1S/C13H19NO2/c1-2-16-12-5-3-11(4-6-12)13(7-8-14)9-15-10-13/h3-6H,2,7-10,14H2,1H3. The number of benzene rings is 1. The maximum atomic E-state index is 5.66. The maximum absolute atomic E-state index is 5.66. The van der Waals surface area contributed by atoms with E-state index < -0.39 is 0 Å². The molecule has 0 aromatic heterocycles. The van der Waals surface area contributed by atoms with Crippen molar-refractivity contribution in [2.75, 3.05) is 26.4 Å². The summed E-state index contributed by atoms with van der Waals surface area (Å²) in [6.07, 6.45) is 0.987. The van der Waals surface area contributed by atoms with Gasteiger partial charge >= 0.3 is 0 Å². The molecule has 1 heterocycles. The highest BCUT2D eigenvalue weighted by atomic mass is 16.5.